The Hall–Kier alpha value is -1.52. The first kappa shape index (κ1) is 11.0. The SMILES string of the molecule is O=C(NCc1ccn[nH]1)N1CCCCCC1. The molecule has 5 heteroatoms. The molecule has 0 spiro atoms. The van der Waals surface area contributed by atoms with E-state index in [1.54, 1.807) is 6.20 Å². The number of carbonyl (C=O) groups is 1. The van der Waals surface area contributed by atoms with Crippen LogP contribution in [0.25, 0.3) is 0 Å². The van der Waals surface area contributed by atoms with Gasteiger partial charge < -0.3 is 10.2 Å². The van der Waals surface area contributed by atoms with Gasteiger partial charge in [0.05, 0.1) is 12.2 Å². The molecule has 5 nitrogen and oxygen atoms in total. The van der Waals surface area contributed by atoms with Crippen LogP contribution in [0.2, 0.25) is 0 Å². The fourth-order valence-electron chi connectivity index (χ4n) is 1.94. The molecule has 1 fully saturated rings. The summed E-state index contributed by atoms with van der Waals surface area (Å²) in [5, 5.41) is 9.56. The molecule has 1 aromatic rings. The van der Waals surface area contributed by atoms with Crippen molar-refractivity contribution in [2.75, 3.05) is 13.1 Å². The average Bonchev–Trinajstić information content (AvgIpc) is 2.66. The molecular weight excluding hydrogens is 204 g/mol. The van der Waals surface area contributed by atoms with Gasteiger partial charge in [-0.05, 0) is 18.9 Å². The zero-order valence-corrected chi connectivity index (χ0v) is 9.41. The van der Waals surface area contributed by atoms with E-state index in [0.717, 1.165) is 31.6 Å². The highest BCUT2D eigenvalue weighted by Gasteiger charge is 2.14. The fourth-order valence-corrected chi connectivity index (χ4v) is 1.94. The van der Waals surface area contributed by atoms with E-state index in [9.17, 15) is 4.79 Å². The predicted molar refractivity (Wildman–Crippen MR) is 60.9 cm³/mol. The van der Waals surface area contributed by atoms with Gasteiger partial charge in [-0.25, -0.2) is 4.79 Å². The first-order chi connectivity index (χ1) is 7.86. The van der Waals surface area contributed by atoms with Crippen LogP contribution in [0.5, 0.6) is 0 Å². The molecule has 0 unspecified atom stereocenters. The molecule has 0 atom stereocenters. The number of nitrogens with zero attached hydrogens (tertiary/aromatic N) is 2. The number of aromatic nitrogens is 2. The van der Waals surface area contributed by atoms with Crippen molar-refractivity contribution >= 4 is 6.03 Å². The van der Waals surface area contributed by atoms with E-state index in [1.807, 2.05) is 11.0 Å². The minimum absolute atomic E-state index is 0.0384. The molecule has 16 heavy (non-hydrogen) atoms. The zero-order chi connectivity index (χ0) is 11.2. The highest BCUT2D eigenvalue weighted by Crippen LogP contribution is 2.09. The van der Waals surface area contributed by atoms with Crippen LogP contribution >= 0.6 is 0 Å². The Morgan fingerprint density at radius 2 is 2.12 bits per heavy atom. The van der Waals surface area contributed by atoms with Crippen LogP contribution in [0.1, 0.15) is 31.4 Å². The number of likely N-dealkylation sites (tertiary alicyclic amines) is 1. The first-order valence-corrected chi connectivity index (χ1v) is 5.87. The maximum Gasteiger partial charge on any atom is 0.317 e. The second-order valence-corrected chi connectivity index (χ2v) is 4.14. The Kier molecular flexibility index (Phi) is 3.80. The summed E-state index contributed by atoms with van der Waals surface area (Å²) >= 11 is 0. The summed E-state index contributed by atoms with van der Waals surface area (Å²) in [6.07, 6.45) is 6.41. The lowest BCUT2D eigenvalue weighted by Crippen LogP contribution is -2.40. The van der Waals surface area contributed by atoms with Gasteiger partial charge in [0.2, 0.25) is 0 Å². The van der Waals surface area contributed by atoms with E-state index >= 15 is 0 Å². The van der Waals surface area contributed by atoms with E-state index in [1.165, 1.54) is 12.8 Å². The molecule has 2 heterocycles. The maximum atomic E-state index is 11.8. The molecule has 0 aromatic carbocycles. The van der Waals surface area contributed by atoms with Crippen LogP contribution in [0, 0.1) is 0 Å². The third-order valence-electron chi connectivity index (χ3n) is 2.88. The standard InChI is InChI=1S/C11H18N4O/c16-11(12-9-10-5-6-13-14-10)15-7-3-1-2-4-8-15/h5-6H,1-4,7-9H2,(H,12,16)(H,13,14). The number of aromatic amines is 1. The second kappa shape index (κ2) is 5.53. The van der Waals surface area contributed by atoms with Crippen LogP contribution in [0.15, 0.2) is 12.3 Å². The van der Waals surface area contributed by atoms with Crippen molar-refractivity contribution in [3.63, 3.8) is 0 Å². The third-order valence-corrected chi connectivity index (χ3v) is 2.88. The highest BCUT2D eigenvalue weighted by molar-refractivity contribution is 5.74. The van der Waals surface area contributed by atoms with Gasteiger partial charge in [-0.1, -0.05) is 12.8 Å². The van der Waals surface area contributed by atoms with Gasteiger partial charge in [-0.15, -0.1) is 0 Å². The predicted octanol–water partition coefficient (Wildman–Crippen LogP) is 1.50. The number of carbonyl (C=O) groups excluding carboxylic acids is 1. The molecule has 1 saturated heterocycles. The smallest absolute Gasteiger partial charge is 0.317 e. The molecule has 2 rings (SSSR count). The highest BCUT2D eigenvalue weighted by atomic mass is 16.2. The van der Waals surface area contributed by atoms with Crippen LogP contribution < -0.4 is 5.32 Å². The number of amides is 2. The molecule has 88 valence electrons. The van der Waals surface area contributed by atoms with E-state index in [-0.39, 0.29) is 6.03 Å². The minimum Gasteiger partial charge on any atom is -0.332 e. The number of hydrogen-bond donors (Lipinski definition) is 2. The van der Waals surface area contributed by atoms with Gasteiger partial charge in [-0.2, -0.15) is 5.10 Å². The van der Waals surface area contributed by atoms with E-state index < -0.39 is 0 Å². The molecule has 1 aromatic heterocycles. The molecular formula is C11H18N4O. The largest absolute Gasteiger partial charge is 0.332 e. The van der Waals surface area contributed by atoms with Crippen molar-refractivity contribution in [1.29, 1.82) is 0 Å². The van der Waals surface area contributed by atoms with E-state index in [0.29, 0.717) is 6.54 Å². The van der Waals surface area contributed by atoms with Gasteiger partial charge in [0, 0.05) is 19.3 Å². The number of rotatable bonds is 2. The summed E-state index contributed by atoms with van der Waals surface area (Å²) in [5.74, 6) is 0. The lowest BCUT2D eigenvalue weighted by molar-refractivity contribution is 0.199. The van der Waals surface area contributed by atoms with Crippen molar-refractivity contribution in [1.82, 2.24) is 20.4 Å². The fraction of sp³-hybridized carbons (Fsp3) is 0.636. The van der Waals surface area contributed by atoms with E-state index in [4.69, 9.17) is 0 Å². The normalized spacial score (nSPS) is 16.9. The molecule has 2 amide bonds. The minimum atomic E-state index is 0.0384. The van der Waals surface area contributed by atoms with Gasteiger partial charge in [-0.3, -0.25) is 5.10 Å². The Morgan fingerprint density at radius 1 is 1.38 bits per heavy atom. The Bertz CT molecular complexity index is 315. The Morgan fingerprint density at radius 3 is 2.75 bits per heavy atom. The number of hydrogen-bond acceptors (Lipinski definition) is 2. The Balaban J connectivity index is 1.78. The van der Waals surface area contributed by atoms with Crippen molar-refractivity contribution in [3.8, 4) is 0 Å². The summed E-state index contributed by atoms with van der Waals surface area (Å²) in [4.78, 5) is 13.7. The maximum absolute atomic E-state index is 11.8. The molecule has 0 radical (unpaired) electrons. The summed E-state index contributed by atoms with van der Waals surface area (Å²) in [7, 11) is 0. The quantitative estimate of drug-likeness (QED) is 0.796. The Labute approximate surface area is 95.2 Å². The zero-order valence-electron chi connectivity index (χ0n) is 9.41. The summed E-state index contributed by atoms with van der Waals surface area (Å²) in [5.41, 5.74) is 0.933. The topological polar surface area (TPSA) is 61.0 Å². The molecule has 0 bridgehead atoms. The van der Waals surface area contributed by atoms with Crippen LogP contribution in [0.3, 0.4) is 0 Å². The van der Waals surface area contributed by atoms with Crippen molar-refractivity contribution in [2.45, 2.75) is 32.2 Å². The molecule has 1 aliphatic heterocycles. The molecule has 0 aliphatic carbocycles. The number of nitrogens with one attached hydrogen (secondary N) is 2. The first-order valence-electron chi connectivity index (χ1n) is 5.87. The number of urea groups is 1. The monoisotopic (exact) mass is 222 g/mol. The summed E-state index contributed by atoms with van der Waals surface area (Å²) < 4.78 is 0. The number of H-pyrrole nitrogens is 1. The lowest BCUT2D eigenvalue weighted by atomic mass is 10.2. The average molecular weight is 222 g/mol. The van der Waals surface area contributed by atoms with Crippen LogP contribution in [0.4, 0.5) is 4.79 Å². The van der Waals surface area contributed by atoms with Crippen LogP contribution in [-0.2, 0) is 6.54 Å². The van der Waals surface area contributed by atoms with E-state index in [2.05, 4.69) is 15.5 Å². The molecule has 2 N–H and O–H groups in total. The summed E-state index contributed by atoms with van der Waals surface area (Å²) in [6.45, 7) is 2.29. The van der Waals surface area contributed by atoms with Crippen LogP contribution in [-0.4, -0.2) is 34.2 Å². The third kappa shape index (κ3) is 2.98. The second-order valence-electron chi connectivity index (χ2n) is 4.14. The van der Waals surface area contributed by atoms with Gasteiger partial charge in [0.25, 0.3) is 0 Å². The van der Waals surface area contributed by atoms with Gasteiger partial charge in [0.1, 0.15) is 0 Å². The lowest BCUT2D eigenvalue weighted by Gasteiger charge is -2.20. The van der Waals surface area contributed by atoms with Crippen molar-refractivity contribution in [3.05, 3.63) is 18.0 Å². The van der Waals surface area contributed by atoms with Crippen molar-refractivity contribution < 1.29 is 4.79 Å². The van der Waals surface area contributed by atoms with Gasteiger partial charge in [0.15, 0.2) is 0 Å². The van der Waals surface area contributed by atoms with Gasteiger partial charge >= 0.3 is 6.03 Å². The summed E-state index contributed by atoms with van der Waals surface area (Å²) in [6, 6.07) is 1.90. The van der Waals surface area contributed by atoms with Crippen molar-refractivity contribution in [2.24, 2.45) is 0 Å². The molecule has 1 aliphatic rings. The molecule has 0 saturated carbocycles.